The predicted molar refractivity (Wildman–Crippen MR) is 106 cm³/mol. The lowest BCUT2D eigenvalue weighted by Crippen LogP contribution is -2.27. The number of hydrogen-bond donors (Lipinski definition) is 1. The quantitative estimate of drug-likeness (QED) is 0.690. The van der Waals surface area contributed by atoms with Gasteiger partial charge in [0.1, 0.15) is 11.4 Å². The maximum atomic E-state index is 13.1. The van der Waals surface area contributed by atoms with Gasteiger partial charge < -0.3 is 5.11 Å². The SMILES string of the molecule is Cc1scnc1C(=O)N1N=C(c2ccc(Cl)cc2)C[C@@H]1c1ccccc1O. The van der Waals surface area contributed by atoms with Gasteiger partial charge in [0.15, 0.2) is 0 Å². The minimum absolute atomic E-state index is 0.142. The second-order valence-corrected chi connectivity index (χ2v) is 7.73. The third kappa shape index (κ3) is 3.34. The monoisotopic (exact) mass is 397 g/mol. The van der Waals surface area contributed by atoms with Gasteiger partial charge in [-0.1, -0.05) is 41.9 Å². The number of amides is 1. The normalized spacial score (nSPS) is 16.4. The molecular formula is C20H16ClN3O2S. The summed E-state index contributed by atoms with van der Waals surface area (Å²) in [5, 5.41) is 17.0. The van der Waals surface area contributed by atoms with Crippen LogP contribution in [0.3, 0.4) is 0 Å². The number of carbonyl (C=O) groups excluding carboxylic acids is 1. The van der Waals surface area contributed by atoms with Gasteiger partial charge in [0.25, 0.3) is 5.91 Å². The van der Waals surface area contributed by atoms with Gasteiger partial charge in [0.05, 0.1) is 17.3 Å². The Hall–Kier alpha value is -2.70. The molecule has 4 rings (SSSR count). The van der Waals surface area contributed by atoms with E-state index in [1.807, 2.05) is 31.2 Å². The average Bonchev–Trinajstić information content (AvgIpc) is 3.29. The highest BCUT2D eigenvalue weighted by Gasteiger charge is 2.36. The fourth-order valence-electron chi connectivity index (χ4n) is 3.15. The lowest BCUT2D eigenvalue weighted by atomic mass is 9.97. The average molecular weight is 398 g/mol. The molecule has 0 bridgehead atoms. The van der Waals surface area contributed by atoms with Crippen molar-refractivity contribution >= 4 is 34.6 Å². The number of thiazole rings is 1. The topological polar surface area (TPSA) is 65.8 Å². The Balaban J connectivity index is 1.76. The van der Waals surface area contributed by atoms with Crippen molar-refractivity contribution in [1.82, 2.24) is 9.99 Å². The predicted octanol–water partition coefficient (Wildman–Crippen LogP) is 4.80. The van der Waals surface area contributed by atoms with Crippen LogP contribution in [0.15, 0.2) is 59.1 Å². The molecule has 2 heterocycles. The summed E-state index contributed by atoms with van der Waals surface area (Å²) in [6.45, 7) is 1.86. The van der Waals surface area contributed by atoms with E-state index in [2.05, 4.69) is 10.1 Å². The third-order valence-electron chi connectivity index (χ3n) is 4.54. The molecule has 2 aromatic carbocycles. The lowest BCUT2D eigenvalue weighted by Gasteiger charge is -2.22. The first-order valence-electron chi connectivity index (χ1n) is 8.39. The zero-order chi connectivity index (χ0) is 19.0. The van der Waals surface area contributed by atoms with Gasteiger partial charge in [0, 0.05) is 21.9 Å². The highest BCUT2D eigenvalue weighted by atomic mass is 35.5. The largest absolute Gasteiger partial charge is 0.508 e. The molecule has 0 unspecified atom stereocenters. The summed E-state index contributed by atoms with van der Waals surface area (Å²) >= 11 is 7.40. The number of para-hydroxylation sites is 1. The van der Waals surface area contributed by atoms with E-state index < -0.39 is 6.04 Å². The van der Waals surface area contributed by atoms with Gasteiger partial charge in [-0.2, -0.15) is 5.10 Å². The smallest absolute Gasteiger partial charge is 0.294 e. The number of phenols is 1. The molecular weight excluding hydrogens is 382 g/mol. The number of phenolic OH excluding ortho intramolecular Hbond substituents is 1. The van der Waals surface area contributed by atoms with Crippen LogP contribution >= 0.6 is 22.9 Å². The van der Waals surface area contributed by atoms with E-state index in [0.717, 1.165) is 16.2 Å². The number of halogens is 1. The first kappa shape index (κ1) is 17.7. The summed E-state index contributed by atoms with van der Waals surface area (Å²) in [5.41, 5.74) is 4.36. The first-order valence-corrected chi connectivity index (χ1v) is 9.65. The Bertz CT molecular complexity index is 1030. The van der Waals surface area contributed by atoms with Crippen molar-refractivity contribution in [3.63, 3.8) is 0 Å². The molecule has 27 heavy (non-hydrogen) atoms. The number of rotatable bonds is 3. The van der Waals surface area contributed by atoms with Gasteiger partial charge in [0.2, 0.25) is 0 Å². The Labute approximate surface area is 165 Å². The summed E-state index contributed by atoms with van der Waals surface area (Å²) in [6, 6.07) is 14.0. The number of aromatic hydroxyl groups is 1. The summed E-state index contributed by atoms with van der Waals surface area (Å²) < 4.78 is 0. The highest BCUT2D eigenvalue weighted by molar-refractivity contribution is 7.09. The Morgan fingerprint density at radius 3 is 2.63 bits per heavy atom. The second kappa shape index (κ2) is 7.13. The van der Waals surface area contributed by atoms with Crippen molar-refractivity contribution < 1.29 is 9.90 Å². The number of benzene rings is 2. The van der Waals surface area contributed by atoms with Crippen molar-refractivity contribution in [2.24, 2.45) is 5.10 Å². The molecule has 0 radical (unpaired) electrons. The molecule has 0 spiro atoms. The van der Waals surface area contributed by atoms with Gasteiger partial charge in [-0.25, -0.2) is 9.99 Å². The molecule has 3 aromatic rings. The van der Waals surface area contributed by atoms with Crippen LogP contribution in [0.2, 0.25) is 5.02 Å². The number of hydrazone groups is 1. The van der Waals surface area contributed by atoms with Gasteiger partial charge in [-0.15, -0.1) is 11.3 Å². The molecule has 0 saturated carbocycles. The number of nitrogens with zero attached hydrogens (tertiary/aromatic N) is 3. The third-order valence-corrected chi connectivity index (χ3v) is 5.55. The maximum absolute atomic E-state index is 13.1. The van der Waals surface area contributed by atoms with Crippen LogP contribution in [-0.2, 0) is 0 Å². The molecule has 1 N–H and O–H groups in total. The van der Waals surface area contributed by atoms with Gasteiger partial charge in [-0.05, 0) is 30.7 Å². The standard InChI is InChI=1S/C20H16ClN3O2S/c1-12-19(22-11-27-12)20(26)24-17(15-4-2-3-5-18(15)25)10-16(23-24)13-6-8-14(21)9-7-13/h2-9,11,17,25H,10H2,1H3/t17-/m1/s1. The molecule has 136 valence electrons. The highest BCUT2D eigenvalue weighted by Crippen LogP contribution is 2.38. The molecule has 1 aliphatic heterocycles. The van der Waals surface area contributed by atoms with Crippen LogP contribution in [0.5, 0.6) is 5.75 Å². The summed E-state index contributed by atoms with van der Waals surface area (Å²) in [7, 11) is 0. The van der Waals surface area contributed by atoms with Crippen LogP contribution < -0.4 is 0 Å². The molecule has 0 fully saturated rings. The van der Waals surface area contributed by atoms with E-state index >= 15 is 0 Å². The number of carbonyl (C=O) groups is 1. The lowest BCUT2D eigenvalue weighted by molar-refractivity contribution is 0.0703. The second-order valence-electron chi connectivity index (χ2n) is 6.24. The molecule has 1 atom stereocenters. The number of hydrogen-bond acceptors (Lipinski definition) is 5. The molecule has 5 nitrogen and oxygen atoms in total. The van der Waals surface area contributed by atoms with Crippen LogP contribution in [0.1, 0.15) is 39.0 Å². The summed E-state index contributed by atoms with van der Waals surface area (Å²) in [5.74, 6) is -0.131. The molecule has 0 saturated heterocycles. The fourth-order valence-corrected chi connectivity index (χ4v) is 3.84. The molecule has 1 aliphatic rings. The van der Waals surface area contributed by atoms with Crippen molar-refractivity contribution in [2.75, 3.05) is 0 Å². The van der Waals surface area contributed by atoms with Crippen molar-refractivity contribution in [3.8, 4) is 5.75 Å². The van der Waals surface area contributed by atoms with E-state index in [-0.39, 0.29) is 11.7 Å². The van der Waals surface area contributed by atoms with Gasteiger partial charge >= 0.3 is 0 Å². The van der Waals surface area contributed by atoms with Crippen molar-refractivity contribution in [2.45, 2.75) is 19.4 Å². The van der Waals surface area contributed by atoms with E-state index in [0.29, 0.717) is 22.7 Å². The first-order chi connectivity index (χ1) is 13.0. The van der Waals surface area contributed by atoms with Crippen molar-refractivity contribution in [1.29, 1.82) is 0 Å². The molecule has 0 aliphatic carbocycles. The molecule has 1 aromatic heterocycles. The number of aromatic nitrogens is 1. The van der Waals surface area contributed by atoms with Gasteiger partial charge in [-0.3, -0.25) is 4.79 Å². The molecule has 1 amide bonds. The van der Waals surface area contributed by atoms with E-state index in [9.17, 15) is 9.90 Å². The van der Waals surface area contributed by atoms with Crippen LogP contribution in [0.25, 0.3) is 0 Å². The van der Waals surface area contributed by atoms with Crippen molar-refractivity contribution in [3.05, 3.63) is 80.8 Å². The van der Waals surface area contributed by atoms with E-state index in [1.165, 1.54) is 16.3 Å². The molecule has 7 heteroatoms. The summed E-state index contributed by atoms with van der Waals surface area (Å²) in [4.78, 5) is 18.2. The maximum Gasteiger partial charge on any atom is 0.294 e. The Morgan fingerprint density at radius 2 is 1.96 bits per heavy atom. The minimum Gasteiger partial charge on any atom is -0.508 e. The fraction of sp³-hybridized carbons (Fsp3) is 0.150. The Kier molecular flexibility index (Phi) is 4.68. The zero-order valence-electron chi connectivity index (χ0n) is 14.5. The minimum atomic E-state index is -0.398. The van der Waals surface area contributed by atoms with E-state index in [1.54, 1.807) is 29.8 Å². The van der Waals surface area contributed by atoms with Crippen LogP contribution in [-0.4, -0.2) is 26.7 Å². The zero-order valence-corrected chi connectivity index (χ0v) is 16.0. The van der Waals surface area contributed by atoms with Crippen LogP contribution in [0, 0.1) is 6.92 Å². The number of aryl methyl sites for hydroxylation is 1. The van der Waals surface area contributed by atoms with Crippen LogP contribution in [0.4, 0.5) is 0 Å². The van der Waals surface area contributed by atoms with E-state index in [4.69, 9.17) is 11.6 Å². The Morgan fingerprint density at radius 1 is 1.22 bits per heavy atom. The summed E-state index contributed by atoms with van der Waals surface area (Å²) in [6.07, 6.45) is 0.494.